The first-order valence-electron chi connectivity index (χ1n) is 5.54. The van der Waals surface area contributed by atoms with E-state index in [1.165, 1.54) is 31.5 Å². The number of halogens is 1. The zero-order chi connectivity index (χ0) is 9.38. The monoisotopic (exact) mass is 224 g/mol. The third kappa shape index (κ3) is 2.01. The first-order valence-corrected chi connectivity index (χ1v) is 5.54. The summed E-state index contributed by atoms with van der Waals surface area (Å²) in [5.74, 6) is 2.64. The largest absolute Gasteiger partial charge is 0.316 e. The molecular weight excluding hydrogens is 208 g/mol. The van der Waals surface area contributed by atoms with Gasteiger partial charge in [0, 0.05) is 12.4 Å². The van der Waals surface area contributed by atoms with Gasteiger partial charge >= 0.3 is 0 Å². The molecule has 2 aliphatic rings. The summed E-state index contributed by atoms with van der Waals surface area (Å²) >= 11 is 0. The fraction of sp³-hybridized carbons (Fsp3) is 0.583. The molecule has 1 aromatic rings. The number of fused-ring (bicyclic) bond motifs is 1. The first-order chi connectivity index (χ1) is 6.93. The molecule has 1 saturated carbocycles. The molecule has 2 heterocycles. The molecule has 0 bridgehead atoms. The van der Waals surface area contributed by atoms with Crippen molar-refractivity contribution in [3.63, 3.8) is 0 Å². The molecule has 0 unspecified atom stereocenters. The summed E-state index contributed by atoms with van der Waals surface area (Å²) in [7, 11) is 0. The van der Waals surface area contributed by atoms with Gasteiger partial charge in [0.15, 0.2) is 0 Å². The Labute approximate surface area is 96.9 Å². The summed E-state index contributed by atoms with van der Waals surface area (Å²) in [6, 6.07) is 4.29. The van der Waals surface area contributed by atoms with Gasteiger partial charge in [0.05, 0.1) is 0 Å². The van der Waals surface area contributed by atoms with E-state index in [-0.39, 0.29) is 12.4 Å². The van der Waals surface area contributed by atoms with Gasteiger partial charge in [-0.15, -0.1) is 12.4 Å². The summed E-state index contributed by atoms with van der Waals surface area (Å²) in [6.07, 6.45) is 6.63. The highest BCUT2D eigenvalue weighted by Crippen LogP contribution is 2.43. The molecule has 1 N–H and O–H groups in total. The minimum atomic E-state index is 0. The lowest BCUT2D eigenvalue weighted by Crippen LogP contribution is -2.11. The second kappa shape index (κ2) is 4.50. The van der Waals surface area contributed by atoms with Gasteiger partial charge in [-0.05, 0) is 55.3 Å². The molecule has 2 fully saturated rings. The summed E-state index contributed by atoms with van der Waals surface area (Å²) in [5, 5.41) is 3.48. The van der Waals surface area contributed by atoms with Gasteiger partial charge in [-0.3, -0.25) is 4.98 Å². The van der Waals surface area contributed by atoms with Crippen molar-refractivity contribution in [2.45, 2.75) is 18.8 Å². The molecule has 0 amide bonds. The lowest BCUT2D eigenvalue weighted by Gasteiger charge is -2.10. The minimum absolute atomic E-state index is 0. The van der Waals surface area contributed by atoms with Gasteiger partial charge in [0.1, 0.15) is 0 Å². The van der Waals surface area contributed by atoms with E-state index in [2.05, 4.69) is 22.4 Å². The summed E-state index contributed by atoms with van der Waals surface area (Å²) in [6.45, 7) is 2.48. The molecule has 3 rings (SSSR count). The van der Waals surface area contributed by atoms with Crippen LogP contribution >= 0.6 is 12.4 Å². The van der Waals surface area contributed by atoms with E-state index in [0.717, 1.165) is 17.8 Å². The molecule has 1 saturated heterocycles. The van der Waals surface area contributed by atoms with E-state index in [4.69, 9.17) is 0 Å². The van der Waals surface area contributed by atoms with Crippen LogP contribution in [0.15, 0.2) is 24.5 Å². The molecule has 0 radical (unpaired) electrons. The van der Waals surface area contributed by atoms with Gasteiger partial charge in [-0.2, -0.15) is 0 Å². The van der Waals surface area contributed by atoms with Crippen molar-refractivity contribution in [3.8, 4) is 0 Å². The molecule has 1 aliphatic carbocycles. The molecular formula is C12H17ClN2. The Morgan fingerprint density at radius 1 is 1.20 bits per heavy atom. The van der Waals surface area contributed by atoms with Crippen LogP contribution in [0.3, 0.4) is 0 Å². The molecule has 2 nitrogen and oxygen atoms in total. The highest BCUT2D eigenvalue weighted by Gasteiger charge is 2.37. The summed E-state index contributed by atoms with van der Waals surface area (Å²) in [5.41, 5.74) is 1.45. The zero-order valence-corrected chi connectivity index (χ0v) is 9.54. The smallest absolute Gasteiger partial charge is 0.0302 e. The van der Waals surface area contributed by atoms with E-state index >= 15 is 0 Å². The third-order valence-electron chi connectivity index (χ3n) is 3.81. The van der Waals surface area contributed by atoms with Crippen LogP contribution in [0.2, 0.25) is 0 Å². The van der Waals surface area contributed by atoms with E-state index in [1.54, 1.807) is 0 Å². The average molecular weight is 225 g/mol. The van der Waals surface area contributed by atoms with Crippen molar-refractivity contribution in [1.29, 1.82) is 0 Å². The predicted octanol–water partition coefficient (Wildman–Crippen LogP) is 2.22. The van der Waals surface area contributed by atoms with Gasteiger partial charge in [0.2, 0.25) is 0 Å². The van der Waals surface area contributed by atoms with Crippen LogP contribution in [0.4, 0.5) is 0 Å². The maximum absolute atomic E-state index is 4.21. The average Bonchev–Trinajstić information content (AvgIpc) is 2.78. The second-order valence-corrected chi connectivity index (χ2v) is 4.63. The van der Waals surface area contributed by atoms with Crippen LogP contribution < -0.4 is 5.32 Å². The molecule has 1 aliphatic heterocycles. The van der Waals surface area contributed by atoms with Crippen LogP contribution in [-0.4, -0.2) is 18.1 Å². The highest BCUT2D eigenvalue weighted by atomic mass is 35.5. The van der Waals surface area contributed by atoms with Gasteiger partial charge < -0.3 is 5.32 Å². The Morgan fingerprint density at radius 2 is 1.93 bits per heavy atom. The van der Waals surface area contributed by atoms with Crippen molar-refractivity contribution in [3.05, 3.63) is 30.1 Å². The Morgan fingerprint density at radius 3 is 2.53 bits per heavy atom. The number of aromatic nitrogens is 1. The Hall–Kier alpha value is -0.600. The standard InChI is InChI=1S/C12H16N2.ClH/c1-2-9(6-13-3-1)10-4-11-7-14-8-12(11)5-10;/h1-3,6,10-12,14H,4-5,7-8H2;1H/t11-,12-;/m0./s1. The molecule has 1 aromatic heterocycles. The van der Waals surface area contributed by atoms with Crippen molar-refractivity contribution >= 4 is 12.4 Å². The maximum atomic E-state index is 4.21. The van der Waals surface area contributed by atoms with Crippen molar-refractivity contribution in [2.24, 2.45) is 11.8 Å². The normalized spacial score (nSPS) is 29.9. The molecule has 82 valence electrons. The molecule has 2 atom stereocenters. The molecule has 0 aromatic carbocycles. The Bertz CT molecular complexity index is 303. The fourth-order valence-corrected chi connectivity index (χ4v) is 3.06. The topological polar surface area (TPSA) is 24.9 Å². The Kier molecular flexibility index (Phi) is 3.27. The number of hydrogen-bond donors (Lipinski definition) is 1. The Balaban J connectivity index is 0.000000853. The fourth-order valence-electron chi connectivity index (χ4n) is 3.06. The van der Waals surface area contributed by atoms with Gasteiger partial charge in [0.25, 0.3) is 0 Å². The third-order valence-corrected chi connectivity index (χ3v) is 3.81. The van der Waals surface area contributed by atoms with E-state index in [1.807, 2.05) is 12.4 Å². The van der Waals surface area contributed by atoms with Crippen LogP contribution in [0.5, 0.6) is 0 Å². The lowest BCUT2D eigenvalue weighted by molar-refractivity contribution is 0.494. The maximum Gasteiger partial charge on any atom is 0.0302 e. The molecule has 3 heteroatoms. The molecule has 15 heavy (non-hydrogen) atoms. The SMILES string of the molecule is Cl.c1cncc(C2C[C@H]3CNC[C@@H]3C2)c1. The van der Waals surface area contributed by atoms with E-state index < -0.39 is 0 Å². The van der Waals surface area contributed by atoms with Crippen LogP contribution in [0.25, 0.3) is 0 Å². The van der Waals surface area contributed by atoms with Gasteiger partial charge in [-0.1, -0.05) is 6.07 Å². The number of nitrogens with one attached hydrogen (secondary N) is 1. The van der Waals surface area contributed by atoms with Crippen LogP contribution in [0.1, 0.15) is 24.3 Å². The lowest BCUT2D eigenvalue weighted by atomic mass is 9.98. The van der Waals surface area contributed by atoms with E-state index in [9.17, 15) is 0 Å². The second-order valence-electron chi connectivity index (χ2n) is 4.63. The zero-order valence-electron chi connectivity index (χ0n) is 8.73. The van der Waals surface area contributed by atoms with Crippen LogP contribution in [-0.2, 0) is 0 Å². The minimum Gasteiger partial charge on any atom is -0.316 e. The van der Waals surface area contributed by atoms with Crippen molar-refractivity contribution in [2.75, 3.05) is 13.1 Å². The highest BCUT2D eigenvalue weighted by molar-refractivity contribution is 5.85. The van der Waals surface area contributed by atoms with Crippen LogP contribution in [0, 0.1) is 11.8 Å². The predicted molar refractivity (Wildman–Crippen MR) is 63.3 cm³/mol. The van der Waals surface area contributed by atoms with Crippen molar-refractivity contribution < 1.29 is 0 Å². The number of pyridine rings is 1. The quantitative estimate of drug-likeness (QED) is 0.792. The van der Waals surface area contributed by atoms with Crippen molar-refractivity contribution in [1.82, 2.24) is 10.3 Å². The molecule has 0 spiro atoms. The van der Waals surface area contributed by atoms with Gasteiger partial charge in [-0.25, -0.2) is 0 Å². The van der Waals surface area contributed by atoms with E-state index in [0.29, 0.717) is 0 Å². The number of nitrogens with zero attached hydrogens (tertiary/aromatic N) is 1. The summed E-state index contributed by atoms with van der Waals surface area (Å²) < 4.78 is 0. The first kappa shape index (κ1) is 10.9. The number of rotatable bonds is 1. The number of hydrogen-bond acceptors (Lipinski definition) is 2. The summed E-state index contributed by atoms with van der Waals surface area (Å²) in [4.78, 5) is 4.21.